The molecule has 5 rings (SSSR count). The number of hydrogen-bond donors (Lipinski definition) is 2. The number of fused-ring (bicyclic) bond motifs is 3. The number of hydrogen-bond acceptors (Lipinski definition) is 5. The molecule has 9 heteroatoms. The number of imidazole rings is 1. The van der Waals surface area contributed by atoms with Gasteiger partial charge in [-0.05, 0) is 36.8 Å². The van der Waals surface area contributed by atoms with E-state index in [1.165, 1.54) is 4.90 Å². The zero-order valence-corrected chi connectivity index (χ0v) is 17.2. The van der Waals surface area contributed by atoms with Crippen LogP contribution in [0.2, 0.25) is 0 Å². The van der Waals surface area contributed by atoms with Crippen LogP contribution in [0.3, 0.4) is 0 Å². The molecule has 2 N–H and O–H groups in total. The summed E-state index contributed by atoms with van der Waals surface area (Å²) in [6.07, 6.45) is 1.81. The molecule has 2 aliphatic heterocycles. The van der Waals surface area contributed by atoms with E-state index < -0.39 is 18.0 Å². The lowest BCUT2D eigenvalue weighted by molar-refractivity contribution is -0.675. The molecule has 1 aromatic heterocycles. The van der Waals surface area contributed by atoms with Crippen LogP contribution in [0.5, 0.6) is 11.5 Å². The van der Waals surface area contributed by atoms with Crippen LogP contribution >= 0.6 is 0 Å². The first-order chi connectivity index (χ1) is 14.9. The number of carbonyl (C=O) groups is 2. The predicted molar refractivity (Wildman–Crippen MR) is 112 cm³/mol. The molecule has 0 saturated carbocycles. The lowest BCUT2D eigenvalue weighted by Gasteiger charge is -2.24. The number of benzene rings is 2. The molecule has 0 radical (unpaired) electrons. The van der Waals surface area contributed by atoms with Gasteiger partial charge in [0, 0.05) is 12.6 Å². The largest absolute Gasteiger partial charge is 0.508 e. The van der Waals surface area contributed by atoms with Crippen molar-refractivity contribution in [1.82, 2.24) is 14.8 Å². The third kappa shape index (κ3) is 2.70. The quantitative estimate of drug-likeness (QED) is 0.637. The molecule has 9 nitrogen and oxygen atoms in total. The number of carbonyl (C=O) groups excluding carboxylic acids is 2. The van der Waals surface area contributed by atoms with Crippen LogP contribution in [0.4, 0.5) is 10.7 Å². The first-order valence-corrected chi connectivity index (χ1v) is 9.68. The fourth-order valence-electron chi connectivity index (χ4n) is 4.05. The lowest BCUT2D eigenvalue weighted by atomic mass is 10.1. The normalized spacial score (nSPS) is 17.2. The Morgan fingerprint density at radius 1 is 1.19 bits per heavy atom. The summed E-state index contributed by atoms with van der Waals surface area (Å²) in [6, 6.07) is 11.3. The van der Waals surface area contributed by atoms with E-state index in [1.807, 2.05) is 48.0 Å². The third-order valence-corrected chi connectivity index (χ3v) is 5.62. The molecule has 1 atom stereocenters. The number of methoxy groups -OCH3 is 1. The molecule has 31 heavy (non-hydrogen) atoms. The Labute approximate surface area is 177 Å². The van der Waals surface area contributed by atoms with Gasteiger partial charge in [-0.25, -0.2) is 9.36 Å². The number of nitrogens with one attached hydrogen (secondary N) is 1. The minimum Gasteiger partial charge on any atom is -0.508 e. The Bertz CT molecular complexity index is 1290. The van der Waals surface area contributed by atoms with Crippen molar-refractivity contribution in [2.45, 2.75) is 13.0 Å². The number of phenolic OH excluding ortho intramolecular Hbond substituents is 1. The van der Waals surface area contributed by atoms with Crippen LogP contribution in [0.1, 0.15) is 11.6 Å². The maximum atomic E-state index is 12.7. The summed E-state index contributed by atoms with van der Waals surface area (Å²) in [6.45, 7) is 1.94. The number of aliphatic imine (C=N–C) groups is 1. The standard InChI is InChI=1S/C22H19N5O4/c1-12-8-9-13(28)10-14(12)16-11-26-18-19(25(2)22(30)24-20(18)29)23-21(26)27(16)15-6-4-5-7-17(15)31-3/h4-11,18H,1-3H3,(H-,24,28,29,30)/p+1. The minimum atomic E-state index is -0.773. The zero-order valence-electron chi connectivity index (χ0n) is 17.2. The van der Waals surface area contributed by atoms with Crippen LogP contribution in [0, 0.1) is 6.92 Å². The maximum absolute atomic E-state index is 12.7. The Morgan fingerprint density at radius 2 is 1.97 bits per heavy atom. The van der Waals surface area contributed by atoms with Crippen LogP contribution in [0.15, 0.2) is 53.7 Å². The Balaban J connectivity index is 1.84. The number of likely N-dealkylation sites (N-methyl/N-ethyl adjacent to an activating group) is 1. The average Bonchev–Trinajstić information content (AvgIpc) is 3.30. The second-order valence-corrected chi connectivity index (χ2v) is 7.45. The Kier molecular flexibility index (Phi) is 4.07. The number of urea groups is 1. The lowest BCUT2D eigenvalue weighted by Crippen LogP contribution is -2.61. The van der Waals surface area contributed by atoms with Gasteiger partial charge in [0.1, 0.15) is 23.3 Å². The van der Waals surface area contributed by atoms with Gasteiger partial charge in [0.25, 0.3) is 5.91 Å². The van der Waals surface area contributed by atoms with E-state index in [1.54, 1.807) is 30.9 Å². The van der Waals surface area contributed by atoms with Crippen molar-refractivity contribution in [1.29, 1.82) is 0 Å². The number of rotatable bonds is 3. The molecule has 1 unspecified atom stereocenters. The molecule has 0 aliphatic carbocycles. The van der Waals surface area contributed by atoms with Crippen molar-refractivity contribution < 1.29 is 24.0 Å². The van der Waals surface area contributed by atoms with E-state index in [0.29, 0.717) is 23.2 Å². The second kappa shape index (κ2) is 6.69. The molecular formula is C22H20N5O4+. The van der Waals surface area contributed by atoms with E-state index in [9.17, 15) is 14.7 Å². The summed E-state index contributed by atoms with van der Waals surface area (Å²) < 4.78 is 9.19. The first-order valence-electron chi connectivity index (χ1n) is 9.68. The number of imide groups is 1. The Hall–Kier alpha value is -4.14. The Morgan fingerprint density at radius 3 is 2.74 bits per heavy atom. The van der Waals surface area contributed by atoms with E-state index in [4.69, 9.17) is 4.74 Å². The van der Waals surface area contributed by atoms with Crippen molar-refractivity contribution in [3.63, 3.8) is 0 Å². The molecule has 2 aromatic carbocycles. The van der Waals surface area contributed by atoms with Crippen molar-refractivity contribution in [2.24, 2.45) is 4.99 Å². The SMILES string of the molecule is COc1ccccc1-n1c(-c2cc(O)ccc2C)c[n+]2c1N=C1C2C(=O)NC(=O)N1C. The smallest absolute Gasteiger partial charge is 0.407 e. The number of aryl methyl sites for hydroxylation is 1. The van der Waals surface area contributed by atoms with Crippen LogP contribution in [-0.4, -0.2) is 46.5 Å². The van der Waals surface area contributed by atoms with Gasteiger partial charge in [-0.15, -0.1) is 0 Å². The topological polar surface area (TPSA) is 100 Å². The highest BCUT2D eigenvalue weighted by Gasteiger charge is 2.50. The maximum Gasteiger partial charge on any atom is 0.407 e. The molecular weight excluding hydrogens is 398 g/mol. The molecule has 2 aliphatic rings. The highest BCUT2D eigenvalue weighted by Crippen LogP contribution is 2.38. The van der Waals surface area contributed by atoms with Crippen molar-refractivity contribution in [3.8, 4) is 28.4 Å². The van der Waals surface area contributed by atoms with Gasteiger partial charge in [0.2, 0.25) is 11.9 Å². The molecule has 3 heterocycles. The molecule has 156 valence electrons. The van der Waals surface area contributed by atoms with Gasteiger partial charge < -0.3 is 9.84 Å². The number of nitrogens with zero attached hydrogens (tertiary/aromatic N) is 4. The van der Waals surface area contributed by atoms with Crippen LogP contribution in [-0.2, 0) is 4.79 Å². The number of amidine groups is 1. The van der Waals surface area contributed by atoms with Crippen molar-refractivity contribution >= 4 is 23.7 Å². The summed E-state index contributed by atoms with van der Waals surface area (Å²) in [5, 5.41) is 12.5. The second-order valence-electron chi connectivity index (χ2n) is 7.45. The number of ether oxygens (including phenoxy) is 1. The fourth-order valence-corrected chi connectivity index (χ4v) is 4.05. The number of phenols is 1. The number of amides is 3. The molecule has 3 amide bonds. The van der Waals surface area contributed by atoms with Gasteiger partial charge >= 0.3 is 12.0 Å². The van der Waals surface area contributed by atoms with E-state index in [-0.39, 0.29) is 5.75 Å². The summed E-state index contributed by atoms with van der Waals surface area (Å²) in [5.41, 5.74) is 3.16. The first kappa shape index (κ1) is 18.9. The monoisotopic (exact) mass is 418 g/mol. The van der Waals surface area contributed by atoms with Crippen LogP contribution in [0.25, 0.3) is 16.9 Å². The zero-order chi connectivity index (χ0) is 21.9. The van der Waals surface area contributed by atoms with Crippen LogP contribution < -0.4 is 14.6 Å². The third-order valence-electron chi connectivity index (χ3n) is 5.62. The van der Waals surface area contributed by atoms with Gasteiger partial charge in [0.05, 0.1) is 7.11 Å². The fraction of sp³-hybridized carbons (Fsp3) is 0.182. The molecule has 1 fully saturated rings. The van der Waals surface area contributed by atoms with Crippen molar-refractivity contribution in [2.75, 3.05) is 14.2 Å². The summed E-state index contributed by atoms with van der Waals surface area (Å²) >= 11 is 0. The highest BCUT2D eigenvalue weighted by atomic mass is 16.5. The predicted octanol–water partition coefficient (Wildman–Crippen LogP) is 2.22. The molecule has 0 bridgehead atoms. The number of aromatic nitrogens is 2. The van der Waals surface area contributed by atoms with Gasteiger partial charge in [0.15, 0.2) is 5.75 Å². The minimum absolute atomic E-state index is 0.128. The molecule has 1 saturated heterocycles. The summed E-state index contributed by atoms with van der Waals surface area (Å²) in [4.78, 5) is 30.8. The van der Waals surface area contributed by atoms with E-state index in [0.717, 1.165) is 16.8 Å². The van der Waals surface area contributed by atoms with Gasteiger partial charge in [-0.2, -0.15) is 4.57 Å². The van der Waals surface area contributed by atoms with E-state index >= 15 is 0 Å². The number of aromatic hydroxyl groups is 1. The van der Waals surface area contributed by atoms with E-state index in [2.05, 4.69) is 10.3 Å². The molecule has 3 aromatic rings. The summed E-state index contributed by atoms with van der Waals surface area (Å²) in [7, 11) is 3.16. The van der Waals surface area contributed by atoms with Crippen molar-refractivity contribution in [3.05, 3.63) is 54.2 Å². The van der Waals surface area contributed by atoms with Gasteiger partial charge in [-0.3, -0.25) is 15.0 Å². The molecule has 0 spiro atoms. The number of para-hydroxylation sites is 2. The average molecular weight is 418 g/mol. The summed E-state index contributed by atoms with van der Waals surface area (Å²) in [5.74, 6) is 1.13. The van der Waals surface area contributed by atoms with Gasteiger partial charge in [-0.1, -0.05) is 23.2 Å². The highest BCUT2D eigenvalue weighted by molar-refractivity contribution is 6.19.